The molecule has 0 saturated heterocycles. The number of hydrogen-bond donors (Lipinski definition) is 1. The van der Waals surface area contributed by atoms with Gasteiger partial charge in [-0.15, -0.1) is 0 Å². The number of ether oxygens (including phenoxy) is 1. The van der Waals surface area contributed by atoms with Gasteiger partial charge in [0.15, 0.2) is 0 Å². The molecule has 14 heavy (non-hydrogen) atoms. The van der Waals surface area contributed by atoms with Crippen molar-refractivity contribution >= 4 is 5.71 Å². The summed E-state index contributed by atoms with van der Waals surface area (Å²) in [5.74, 6) is 0. The van der Waals surface area contributed by atoms with Gasteiger partial charge in [-0.1, -0.05) is 30.7 Å². The third-order valence-corrected chi connectivity index (χ3v) is 1.21. The number of hydrogen-bond acceptors (Lipinski definition) is 3. The van der Waals surface area contributed by atoms with Gasteiger partial charge in [0, 0.05) is 0 Å². The summed E-state index contributed by atoms with van der Waals surface area (Å²) in [6.07, 6.45) is 8.87. The van der Waals surface area contributed by atoms with Crippen molar-refractivity contribution in [2.75, 3.05) is 0 Å². The van der Waals surface area contributed by atoms with Crippen LogP contribution in [0.3, 0.4) is 0 Å². The third kappa shape index (κ3) is 17.0. The van der Waals surface area contributed by atoms with Crippen LogP contribution in [0.4, 0.5) is 0 Å². The van der Waals surface area contributed by atoms with Gasteiger partial charge in [0.2, 0.25) is 0 Å². The lowest BCUT2D eigenvalue weighted by atomic mass is 10.2. The normalized spacial score (nSPS) is 11.6. The van der Waals surface area contributed by atoms with Gasteiger partial charge in [-0.05, 0) is 27.2 Å². The van der Waals surface area contributed by atoms with Crippen LogP contribution in [-0.2, 0) is 4.74 Å². The van der Waals surface area contributed by atoms with Crippen molar-refractivity contribution in [2.24, 2.45) is 5.16 Å². The molecule has 0 fully saturated rings. The van der Waals surface area contributed by atoms with Crippen molar-refractivity contribution in [3.63, 3.8) is 0 Å². The van der Waals surface area contributed by atoms with Gasteiger partial charge >= 0.3 is 0 Å². The summed E-state index contributed by atoms with van der Waals surface area (Å²) in [5, 5.41) is 11.0. The fraction of sp³-hybridized carbons (Fsp3) is 0.545. The predicted octanol–water partition coefficient (Wildman–Crippen LogP) is 3.71. The molecule has 0 aromatic carbocycles. The summed E-state index contributed by atoms with van der Waals surface area (Å²) < 4.78 is 4.77. The SMILES string of the molecule is CC=COC=CC.CCCC(C)=NO. The van der Waals surface area contributed by atoms with Crippen LogP contribution in [0.1, 0.15) is 40.5 Å². The number of rotatable bonds is 4. The molecule has 0 atom stereocenters. The zero-order chi connectivity index (χ0) is 11.2. The molecule has 0 heterocycles. The zero-order valence-corrected chi connectivity index (χ0v) is 9.53. The quantitative estimate of drug-likeness (QED) is 0.324. The second-order valence-electron chi connectivity index (χ2n) is 2.66. The smallest absolute Gasteiger partial charge is 0.0858 e. The molecular formula is C11H21NO2. The lowest BCUT2D eigenvalue weighted by Gasteiger charge is -1.87. The topological polar surface area (TPSA) is 41.8 Å². The fourth-order valence-corrected chi connectivity index (χ4v) is 0.614. The highest BCUT2D eigenvalue weighted by atomic mass is 16.5. The maximum atomic E-state index is 8.05. The maximum Gasteiger partial charge on any atom is 0.0858 e. The van der Waals surface area contributed by atoms with Crippen LogP contribution in [0.2, 0.25) is 0 Å². The molecule has 1 N–H and O–H groups in total. The first-order valence-electron chi connectivity index (χ1n) is 4.78. The van der Waals surface area contributed by atoms with E-state index in [1.54, 1.807) is 12.5 Å². The Labute approximate surface area is 86.8 Å². The Kier molecular flexibility index (Phi) is 15.5. The van der Waals surface area contributed by atoms with Gasteiger partial charge in [0.05, 0.1) is 18.2 Å². The lowest BCUT2D eigenvalue weighted by molar-refractivity contribution is 0.317. The highest BCUT2D eigenvalue weighted by Gasteiger charge is 1.84. The molecule has 0 unspecified atom stereocenters. The van der Waals surface area contributed by atoms with E-state index < -0.39 is 0 Å². The Morgan fingerprint density at radius 1 is 1.29 bits per heavy atom. The van der Waals surface area contributed by atoms with Crippen LogP contribution >= 0.6 is 0 Å². The van der Waals surface area contributed by atoms with Crippen LogP contribution in [0, 0.1) is 0 Å². The third-order valence-electron chi connectivity index (χ3n) is 1.21. The minimum atomic E-state index is 0.808. The van der Waals surface area contributed by atoms with E-state index in [0.29, 0.717) is 0 Å². The highest BCUT2D eigenvalue weighted by molar-refractivity contribution is 5.81. The van der Waals surface area contributed by atoms with Crippen LogP contribution in [0.5, 0.6) is 0 Å². The molecular weight excluding hydrogens is 178 g/mol. The van der Waals surface area contributed by atoms with Gasteiger partial charge in [0.25, 0.3) is 0 Å². The first kappa shape index (κ1) is 15.2. The van der Waals surface area contributed by atoms with E-state index in [2.05, 4.69) is 12.1 Å². The van der Waals surface area contributed by atoms with Crippen LogP contribution < -0.4 is 0 Å². The second-order valence-corrected chi connectivity index (χ2v) is 2.66. The van der Waals surface area contributed by atoms with Gasteiger partial charge in [0.1, 0.15) is 0 Å². The molecule has 0 aliphatic rings. The van der Waals surface area contributed by atoms with Crippen molar-refractivity contribution in [3.8, 4) is 0 Å². The Bertz CT molecular complexity index is 174. The van der Waals surface area contributed by atoms with Crippen molar-refractivity contribution in [1.82, 2.24) is 0 Å². The maximum absolute atomic E-state index is 8.05. The fourth-order valence-electron chi connectivity index (χ4n) is 0.614. The zero-order valence-electron chi connectivity index (χ0n) is 9.53. The van der Waals surface area contributed by atoms with E-state index >= 15 is 0 Å². The molecule has 82 valence electrons. The molecule has 0 amide bonds. The Morgan fingerprint density at radius 3 is 2.00 bits per heavy atom. The minimum absolute atomic E-state index is 0.808. The molecule has 0 aliphatic heterocycles. The van der Waals surface area contributed by atoms with Gasteiger partial charge in [-0.2, -0.15) is 0 Å². The van der Waals surface area contributed by atoms with Crippen molar-refractivity contribution < 1.29 is 9.94 Å². The molecule has 3 heteroatoms. The standard InChI is InChI=1S/C6H10O.C5H11NO/c1-3-5-7-6-4-2;1-3-4-5(2)6-7/h3-6H,1-2H3;7H,3-4H2,1-2H3. The monoisotopic (exact) mass is 199 g/mol. The summed E-state index contributed by atoms with van der Waals surface area (Å²) in [4.78, 5) is 0. The largest absolute Gasteiger partial charge is 0.473 e. The Morgan fingerprint density at radius 2 is 1.79 bits per heavy atom. The van der Waals surface area contributed by atoms with Crippen LogP contribution in [0.25, 0.3) is 0 Å². The number of oxime groups is 1. The number of nitrogens with zero attached hydrogens (tertiary/aromatic N) is 1. The van der Waals surface area contributed by atoms with Crippen molar-refractivity contribution in [2.45, 2.75) is 40.5 Å². The second kappa shape index (κ2) is 14.3. The average molecular weight is 199 g/mol. The van der Waals surface area contributed by atoms with E-state index in [-0.39, 0.29) is 0 Å². The summed E-state index contributed by atoms with van der Waals surface area (Å²) >= 11 is 0. The summed E-state index contributed by atoms with van der Waals surface area (Å²) in [7, 11) is 0. The molecule has 3 nitrogen and oxygen atoms in total. The average Bonchev–Trinajstić information content (AvgIpc) is 2.20. The molecule has 0 radical (unpaired) electrons. The lowest BCUT2D eigenvalue weighted by Crippen LogP contribution is -1.87. The van der Waals surface area contributed by atoms with E-state index in [1.807, 2.05) is 32.9 Å². The molecule has 0 bridgehead atoms. The first-order valence-corrected chi connectivity index (χ1v) is 4.78. The molecule has 0 spiro atoms. The van der Waals surface area contributed by atoms with E-state index in [1.165, 1.54) is 0 Å². The molecule has 0 aromatic heterocycles. The van der Waals surface area contributed by atoms with Gasteiger partial charge < -0.3 is 9.94 Å². The Hall–Kier alpha value is -1.25. The summed E-state index contributed by atoms with van der Waals surface area (Å²) in [6, 6.07) is 0. The molecule has 0 aromatic rings. The van der Waals surface area contributed by atoms with Crippen molar-refractivity contribution in [3.05, 3.63) is 24.7 Å². The molecule has 0 saturated carbocycles. The van der Waals surface area contributed by atoms with Crippen LogP contribution in [0.15, 0.2) is 29.8 Å². The van der Waals surface area contributed by atoms with Crippen LogP contribution in [-0.4, -0.2) is 10.9 Å². The Balaban J connectivity index is 0. The number of allylic oxidation sites excluding steroid dienone is 2. The van der Waals surface area contributed by atoms with Gasteiger partial charge in [-0.3, -0.25) is 0 Å². The van der Waals surface area contributed by atoms with E-state index in [0.717, 1.165) is 18.6 Å². The van der Waals surface area contributed by atoms with Crippen molar-refractivity contribution in [1.29, 1.82) is 0 Å². The predicted molar refractivity (Wildman–Crippen MR) is 60.5 cm³/mol. The van der Waals surface area contributed by atoms with E-state index in [9.17, 15) is 0 Å². The first-order chi connectivity index (χ1) is 6.72. The molecule has 0 rings (SSSR count). The van der Waals surface area contributed by atoms with Gasteiger partial charge in [-0.25, -0.2) is 0 Å². The summed E-state index contributed by atoms with van der Waals surface area (Å²) in [5.41, 5.74) is 0.808. The summed E-state index contributed by atoms with van der Waals surface area (Å²) in [6.45, 7) is 7.67. The van der Waals surface area contributed by atoms with E-state index in [4.69, 9.17) is 9.94 Å². The minimum Gasteiger partial charge on any atom is -0.473 e. The molecule has 0 aliphatic carbocycles. The highest BCUT2D eigenvalue weighted by Crippen LogP contribution is 1.88.